The summed E-state index contributed by atoms with van der Waals surface area (Å²) in [5.74, 6) is 0.548. The Morgan fingerprint density at radius 3 is 2.38 bits per heavy atom. The fourth-order valence-corrected chi connectivity index (χ4v) is 3.57. The average molecular weight is 391 g/mol. The van der Waals surface area contributed by atoms with Gasteiger partial charge >= 0.3 is 6.18 Å². The fraction of sp³-hybridized carbons (Fsp3) is 0.632. The molecule has 1 aliphatic carbocycles. The third-order valence-electron chi connectivity index (χ3n) is 5.20. The molecule has 7 heteroatoms. The molecule has 0 unspecified atom stereocenters. The Kier molecular flexibility index (Phi) is 7.35. The molecular formula is C19H26ClF3N2O. The first kappa shape index (κ1) is 21.0. The van der Waals surface area contributed by atoms with Gasteiger partial charge in [0, 0.05) is 19.0 Å². The van der Waals surface area contributed by atoms with E-state index in [2.05, 4.69) is 5.32 Å². The molecule has 0 aromatic heterocycles. The standard InChI is InChI=1S/C19H25F3N2O.ClH/c20-19(21,22)17-4-2-1-3-15(17)13-24(16-6-7-16)18(25)8-5-14-9-11-23-12-10-14;/h1-4,14,16,23H,5-13H2;1H. The van der Waals surface area contributed by atoms with Crippen molar-refractivity contribution in [3.8, 4) is 0 Å². The molecule has 1 saturated heterocycles. The van der Waals surface area contributed by atoms with Crippen LogP contribution in [0.25, 0.3) is 0 Å². The smallest absolute Gasteiger partial charge is 0.335 e. The highest BCUT2D eigenvalue weighted by atomic mass is 35.5. The molecule has 0 atom stereocenters. The number of alkyl halides is 3. The van der Waals surface area contributed by atoms with Gasteiger partial charge in [0.05, 0.1) is 5.56 Å². The minimum absolute atomic E-state index is 0. The van der Waals surface area contributed by atoms with Crippen LogP contribution in [0, 0.1) is 5.92 Å². The van der Waals surface area contributed by atoms with E-state index in [0.717, 1.165) is 51.3 Å². The Bertz CT molecular complexity index is 599. The number of rotatable bonds is 6. The van der Waals surface area contributed by atoms with Crippen LogP contribution < -0.4 is 5.32 Å². The number of hydrogen-bond donors (Lipinski definition) is 1. The van der Waals surface area contributed by atoms with E-state index in [1.807, 2.05) is 0 Å². The molecule has 1 saturated carbocycles. The molecular weight excluding hydrogens is 365 g/mol. The van der Waals surface area contributed by atoms with Gasteiger partial charge in [0.1, 0.15) is 0 Å². The monoisotopic (exact) mass is 390 g/mol. The van der Waals surface area contributed by atoms with Crippen molar-refractivity contribution >= 4 is 18.3 Å². The minimum atomic E-state index is -4.38. The number of piperidine rings is 1. The summed E-state index contributed by atoms with van der Waals surface area (Å²) in [4.78, 5) is 14.3. The zero-order valence-electron chi connectivity index (χ0n) is 14.7. The second-order valence-corrected chi connectivity index (χ2v) is 7.14. The van der Waals surface area contributed by atoms with E-state index in [9.17, 15) is 18.0 Å². The highest BCUT2D eigenvalue weighted by molar-refractivity contribution is 5.85. The van der Waals surface area contributed by atoms with Crippen molar-refractivity contribution in [2.45, 2.75) is 57.3 Å². The van der Waals surface area contributed by atoms with E-state index >= 15 is 0 Å². The second-order valence-electron chi connectivity index (χ2n) is 7.14. The van der Waals surface area contributed by atoms with Crippen LogP contribution in [0.3, 0.4) is 0 Å². The van der Waals surface area contributed by atoms with Crippen LogP contribution in [-0.4, -0.2) is 29.9 Å². The summed E-state index contributed by atoms with van der Waals surface area (Å²) in [6, 6.07) is 5.70. The van der Waals surface area contributed by atoms with E-state index in [1.54, 1.807) is 11.0 Å². The van der Waals surface area contributed by atoms with E-state index in [-0.39, 0.29) is 36.5 Å². The van der Waals surface area contributed by atoms with Gasteiger partial charge in [-0.3, -0.25) is 4.79 Å². The van der Waals surface area contributed by atoms with E-state index in [4.69, 9.17) is 0 Å². The number of hydrogen-bond acceptors (Lipinski definition) is 2. The third-order valence-corrected chi connectivity index (χ3v) is 5.20. The summed E-state index contributed by atoms with van der Waals surface area (Å²) < 4.78 is 39.6. The normalized spacial score (nSPS) is 18.3. The number of carbonyl (C=O) groups excluding carboxylic acids is 1. The molecule has 1 aliphatic heterocycles. The van der Waals surface area contributed by atoms with Crippen LogP contribution in [0.5, 0.6) is 0 Å². The van der Waals surface area contributed by atoms with Crippen LogP contribution in [0.4, 0.5) is 13.2 Å². The van der Waals surface area contributed by atoms with E-state index in [1.165, 1.54) is 12.1 Å². The molecule has 2 fully saturated rings. The Labute approximate surface area is 158 Å². The first-order valence-corrected chi connectivity index (χ1v) is 9.10. The first-order valence-electron chi connectivity index (χ1n) is 9.10. The third kappa shape index (κ3) is 5.61. The number of nitrogens with one attached hydrogen (secondary N) is 1. The van der Waals surface area contributed by atoms with Crippen molar-refractivity contribution in [2.24, 2.45) is 5.92 Å². The molecule has 2 aliphatic rings. The zero-order chi connectivity index (χ0) is 17.9. The van der Waals surface area contributed by atoms with Crippen LogP contribution in [0.2, 0.25) is 0 Å². The number of benzene rings is 1. The molecule has 1 N–H and O–H groups in total. The summed E-state index contributed by atoms with van der Waals surface area (Å²) in [6.45, 7) is 2.04. The van der Waals surface area contributed by atoms with Gasteiger partial charge in [-0.05, 0) is 62.7 Å². The number of nitrogens with zero attached hydrogens (tertiary/aromatic N) is 1. The van der Waals surface area contributed by atoms with Crippen LogP contribution in [0.15, 0.2) is 24.3 Å². The van der Waals surface area contributed by atoms with Gasteiger partial charge < -0.3 is 10.2 Å². The Morgan fingerprint density at radius 2 is 1.77 bits per heavy atom. The molecule has 0 bridgehead atoms. The quantitative estimate of drug-likeness (QED) is 0.780. The van der Waals surface area contributed by atoms with Crippen LogP contribution >= 0.6 is 12.4 Å². The van der Waals surface area contributed by atoms with Crippen molar-refractivity contribution < 1.29 is 18.0 Å². The van der Waals surface area contributed by atoms with Crippen molar-refractivity contribution in [2.75, 3.05) is 13.1 Å². The number of carbonyl (C=O) groups is 1. The lowest BCUT2D eigenvalue weighted by Gasteiger charge is -2.26. The molecule has 1 aromatic rings. The van der Waals surface area contributed by atoms with Crippen LogP contribution in [0.1, 0.15) is 49.7 Å². The van der Waals surface area contributed by atoms with E-state index < -0.39 is 11.7 Å². The van der Waals surface area contributed by atoms with Gasteiger partial charge in [-0.15, -0.1) is 12.4 Å². The van der Waals surface area contributed by atoms with Crippen molar-refractivity contribution in [3.63, 3.8) is 0 Å². The lowest BCUT2D eigenvalue weighted by molar-refractivity contribution is -0.140. The highest BCUT2D eigenvalue weighted by Gasteiger charge is 2.37. The van der Waals surface area contributed by atoms with E-state index in [0.29, 0.717) is 12.3 Å². The van der Waals surface area contributed by atoms with Gasteiger partial charge in [-0.2, -0.15) is 13.2 Å². The minimum Gasteiger partial charge on any atom is -0.335 e. The number of amides is 1. The zero-order valence-corrected chi connectivity index (χ0v) is 15.5. The average Bonchev–Trinajstić information content (AvgIpc) is 3.43. The van der Waals surface area contributed by atoms with Crippen molar-refractivity contribution in [1.29, 1.82) is 0 Å². The van der Waals surface area contributed by atoms with Crippen molar-refractivity contribution in [3.05, 3.63) is 35.4 Å². The first-order chi connectivity index (χ1) is 11.9. The Hall–Kier alpha value is -1.27. The summed E-state index contributed by atoms with van der Waals surface area (Å²) in [5.41, 5.74) is -0.441. The van der Waals surface area contributed by atoms with Gasteiger partial charge in [0.25, 0.3) is 0 Å². The Morgan fingerprint density at radius 1 is 1.12 bits per heavy atom. The fourth-order valence-electron chi connectivity index (χ4n) is 3.57. The Balaban J connectivity index is 0.00000243. The topological polar surface area (TPSA) is 32.3 Å². The largest absolute Gasteiger partial charge is 0.416 e. The molecule has 1 amide bonds. The van der Waals surface area contributed by atoms with Gasteiger partial charge in [0.2, 0.25) is 5.91 Å². The molecule has 26 heavy (non-hydrogen) atoms. The molecule has 0 radical (unpaired) electrons. The maximum Gasteiger partial charge on any atom is 0.416 e. The second kappa shape index (κ2) is 9.09. The molecule has 146 valence electrons. The predicted molar refractivity (Wildman–Crippen MR) is 97.1 cm³/mol. The lowest BCUT2D eigenvalue weighted by Crippen LogP contribution is -2.34. The lowest BCUT2D eigenvalue weighted by atomic mass is 9.93. The van der Waals surface area contributed by atoms with Gasteiger partial charge in [-0.1, -0.05) is 18.2 Å². The maximum atomic E-state index is 13.2. The van der Waals surface area contributed by atoms with Gasteiger partial charge in [0.15, 0.2) is 0 Å². The maximum absolute atomic E-state index is 13.2. The highest BCUT2D eigenvalue weighted by Crippen LogP contribution is 2.35. The molecule has 0 spiro atoms. The summed E-state index contributed by atoms with van der Waals surface area (Å²) in [6.07, 6.45) is 0.839. The van der Waals surface area contributed by atoms with Gasteiger partial charge in [-0.25, -0.2) is 0 Å². The summed E-state index contributed by atoms with van der Waals surface area (Å²) in [7, 11) is 0. The molecule has 3 nitrogen and oxygen atoms in total. The predicted octanol–water partition coefficient (Wildman–Crippen LogP) is 4.40. The molecule has 1 aromatic carbocycles. The van der Waals surface area contributed by atoms with Crippen molar-refractivity contribution in [1.82, 2.24) is 10.2 Å². The SMILES string of the molecule is Cl.O=C(CCC1CCNCC1)N(Cc1ccccc1C(F)(F)F)C1CC1. The molecule has 3 rings (SSSR count). The molecule has 1 heterocycles. The van der Waals surface area contributed by atoms with Crippen LogP contribution in [-0.2, 0) is 17.5 Å². The summed E-state index contributed by atoms with van der Waals surface area (Å²) in [5, 5.41) is 3.30. The summed E-state index contributed by atoms with van der Waals surface area (Å²) >= 11 is 0. The number of halogens is 4.